The summed E-state index contributed by atoms with van der Waals surface area (Å²) < 4.78 is 48.3. The third-order valence-corrected chi connectivity index (χ3v) is 4.17. The molecule has 12 heteroatoms. The number of aliphatic hydroxyl groups is 1. The number of aliphatic imine (C=N–C) groups is 1. The topological polar surface area (TPSA) is 95.1 Å². The average Bonchev–Trinajstić information content (AvgIpc) is 2.62. The van der Waals surface area contributed by atoms with Crippen molar-refractivity contribution in [1.82, 2.24) is 9.13 Å². The molecule has 0 aliphatic carbocycles. The molecule has 0 saturated heterocycles. The number of nitrogens with zero attached hydrogens (tertiary/aromatic N) is 3. The lowest BCUT2D eigenvalue weighted by molar-refractivity contribution is -0.274. The fourth-order valence-electron chi connectivity index (χ4n) is 2.43. The van der Waals surface area contributed by atoms with E-state index in [9.17, 15) is 22.8 Å². The molecule has 2 aromatic rings. The SMILES string of the molecule is Cc1c(/N=C(\I)Oc2cccc(OC(F)(F)F)c2)n(C)c(=O)n(CCCO)c1=O. The van der Waals surface area contributed by atoms with E-state index in [2.05, 4.69) is 9.73 Å². The van der Waals surface area contributed by atoms with E-state index in [-0.39, 0.29) is 40.6 Å². The smallest absolute Gasteiger partial charge is 0.434 e. The maximum Gasteiger partial charge on any atom is 0.573 e. The van der Waals surface area contributed by atoms with Gasteiger partial charge < -0.3 is 14.6 Å². The number of hydrogen-bond donors (Lipinski definition) is 1. The summed E-state index contributed by atoms with van der Waals surface area (Å²) in [6.45, 7) is 1.38. The second kappa shape index (κ2) is 9.43. The van der Waals surface area contributed by atoms with Gasteiger partial charge in [0.25, 0.3) is 9.46 Å². The second-order valence-corrected chi connectivity index (χ2v) is 6.74. The van der Waals surface area contributed by atoms with Gasteiger partial charge in [-0.05, 0) is 25.5 Å². The Kier molecular flexibility index (Phi) is 7.46. The Morgan fingerprint density at radius 3 is 2.55 bits per heavy atom. The molecule has 0 bridgehead atoms. The van der Waals surface area contributed by atoms with E-state index in [1.807, 2.05) is 0 Å². The largest absolute Gasteiger partial charge is 0.573 e. The Balaban J connectivity index is 2.34. The van der Waals surface area contributed by atoms with E-state index in [1.165, 1.54) is 26.1 Å². The van der Waals surface area contributed by atoms with Crippen molar-refractivity contribution in [3.05, 3.63) is 50.7 Å². The molecular formula is C17H17F3IN3O5. The molecule has 1 N–H and O–H groups in total. The number of alkyl halides is 3. The lowest BCUT2D eigenvalue weighted by Crippen LogP contribution is -2.40. The Bertz CT molecular complexity index is 993. The highest BCUT2D eigenvalue weighted by molar-refractivity contribution is 14.1. The summed E-state index contributed by atoms with van der Waals surface area (Å²) in [7, 11) is 1.42. The quantitative estimate of drug-likeness (QED) is 0.354. The van der Waals surface area contributed by atoms with Crippen LogP contribution in [0.3, 0.4) is 0 Å². The van der Waals surface area contributed by atoms with Crippen molar-refractivity contribution in [2.75, 3.05) is 6.61 Å². The van der Waals surface area contributed by atoms with Crippen molar-refractivity contribution in [2.45, 2.75) is 26.3 Å². The van der Waals surface area contributed by atoms with Crippen LogP contribution in [-0.4, -0.2) is 31.1 Å². The lowest BCUT2D eigenvalue weighted by atomic mass is 10.3. The first-order valence-corrected chi connectivity index (χ1v) is 9.30. The highest BCUT2D eigenvalue weighted by Crippen LogP contribution is 2.27. The normalized spacial score (nSPS) is 12.2. The molecule has 1 heterocycles. The van der Waals surface area contributed by atoms with E-state index < -0.39 is 23.4 Å². The summed E-state index contributed by atoms with van der Waals surface area (Å²) in [5.74, 6) is -0.388. The summed E-state index contributed by atoms with van der Waals surface area (Å²) in [6, 6.07) is 4.85. The maximum atomic E-state index is 12.4. The minimum Gasteiger partial charge on any atom is -0.434 e. The highest BCUT2D eigenvalue weighted by atomic mass is 127. The summed E-state index contributed by atoms with van der Waals surface area (Å²) in [5.41, 5.74) is -0.986. The van der Waals surface area contributed by atoms with E-state index in [0.717, 1.165) is 21.3 Å². The van der Waals surface area contributed by atoms with Crippen LogP contribution in [-0.2, 0) is 13.6 Å². The van der Waals surface area contributed by atoms with Gasteiger partial charge >= 0.3 is 12.1 Å². The van der Waals surface area contributed by atoms with Crippen LogP contribution in [0.2, 0.25) is 0 Å². The zero-order chi connectivity index (χ0) is 21.8. The number of aromatic nitrogens is 2. The molecule has 0 spiro atoms. The molecule has 0 saturated carbocycles. The molecule has 158 valence electrons. The molecular weight excluding hydrogens is 510 g/mol. The average molecular weight is 527 g/mol. The van der Waals surface area contributed by atoms with Gasteiger partial charge in [-0.2, -0.15) is 4.99 Å². The van der Waals surface area contributed by atoms with Crippen molar-refractivity contribution in [1.29, 1.82) is 0 Å². The fourth-order valence-corrected chi connectivity index (χ4v) is 2.91. The molecule has 0 radical (unpaired) electrons. The van der Waals surface area contributed by atoms with Crippen molar-refractivity contribution < 1.29 is 27.8 Å². The minimum absolute atomic E-state index is 0.0267. The third-order valence-electron chi connectivity index (χ3n) is 3.71. The van der Waals surface area contributed by atoms with Crippen molar-refractivity contribution >= 4 is 32.3 Å². The standard InChI is InChI=1S/C17H17F3IN3O5/c1-10-13(23(2)16(27)24(14(10)26)7-4-8-25)22-15(21)28-11-5-3-6-12(9-11)29-17(18,19)20/h3,5-6,9,25H,4,7-8H2,1-2H3/b22-15+. The van der Waals surface area contributed by atoms with Crippen LogP contribution >= 0.6 is 22.6 Å². The van der Waals surface area contributed by atoms with Crippen LogP contribution in [0.25, 0.3) is 0 Å². The zero-order valence-electron chi connectivity index (χ0n) is 15.4. The maximum absolute atomic E-state index is 12.4. The summed E-state index contributed by atoms with van der Waals surface area (Å²) >= 11 is 1.68. The Morgan fingerprint density at radius 2 is 1.93 bits per heavy atom. The summed E-state index contributed by atoms with van der Waals surface area (Å²) in [5, 5.41) is 8.91. The van der Waals surface area contributed by atoms with Crippen molar-refractivity contribution in [3.8, 4) is 11.5 Å². The Labute approximate surface area is 176 Å². The first kappa shape index (κ1) is 22.9. The van der Waals surface area contributed by atoms with Gasteiger partial charge in [0.05, 0.1) is 5.56 Å². The van der Waals surface area contributed by atoms with Crippen LogP contribution in [0.15, 0.2) is 38.8 Å². The summed E-state index contributed by atoms with van der Waals surface area (Å²) in [4.78, 5) is 28.9. The van der Waals surface area contributed by atoms with Crippen molar-refractivity contribution in [3.63, 3.8) is 0 Å². The van der Waals surface area contributed by atoms with Gasteiger partial charge in [-0.3, -0.25) is 13.9 Å². The molecule has 1 aromatic carbocycles. The van der Waals surface area contributed by atoms with Gasteiger partial charge in [-0.15, -0.1) is 13.2 Å². The predicted molar refractivity (Wildman–Crippen MR) is 107 cm³/mol. The predicted octanol–water partition coefficient (Wildman–Crippen LogP) is 2.64. The van der Waals surface area contributed by atoms with Crippen LogP contribution in [0, 0.1) is 6.92 Å². The monoisotopic (exact) mass is 527 g/mol. The number of rotatable bonds is 6. The third kappa shape index (κ3) is 6.06. The molecule has 1 aromatic heterocycles. The number of ether oxygens (including phenoxy) is 2. The molecule has 0 aliphatic heterocycles. The molecule has 0 aliphatic rings. The van der Waals surface area contributed by atoms with E-state index in [4.69, 9.17) is 9.84 Å². The summed E-state index contributed by atoms with van der Waals surface area (Å²) in [6.07, 6.45) is -4.59. The Hall–Kier alpha value is -2.35. The van der Waals surface area contributed by atoms with Crippen LogP contribution in [0.5, 0.6) is 11.5 Å². The molecule has 0 atom stereocenters. The highest BCUT2D eigenvalue weighted by Gasteiger charge is 2.31. The van der Waals surface area contributed by atoms with Crippen LogP contribution in [0.1, 0.15) is 12.0 Å². The molecule has 0 unspecified atom stereocenters. The molecule has 29 heavy (non-hydrogen) atoms. The lowest BCUT2D eigenvalue weighted by Gasteiger charge is -2.13. The molecule has 0 amide bonds. The van der Waals surface area contributed by atoms with Crippen LogP contribution in [0.4, 0.5) is 19.0 Å². The van der Waals surface area contributed by atoms with E-state index in [1.54, 1.807) is 22.6 Å². The molecule has 2 rings (SSSR count). The number of hydrogen-bond acceptors (Lipinski definition) is 6. The van der Waals surface area contributed by atoms with Gasteiger partial charge in [0.2, 0.25) is 0 Å². The second-order valence-electron chi connectivity index (χ2n) is 5.81. The first-order valence-electron chi connectivity index (χ1n) is 8.22. The van der Waals surface area contributed by atoms with Gasteiger partial charge in [-0.1, -0.05) is 6.07 Å². The molecule has 8 nitrogen and oxygen atoms in total. The van der Waals surface area contributed by atoms with Crippen molar-refractivity contribution in [2.24, 2.45) is 12.0 Å². The molecule has 0 fully saturated rings. The minimum atomic E-state index is -4.84. The van der Waals surface area contributed by atoms with Gasteiger partial charge in [0.1, 0.15) is 17.3 Å². The van der Waals surface area contributed by atoms with E-state index >= 15 is 0 Å². The Morgan fingerprint density at radius 1 is 1.28 bits per heavy atom. The zero-order valence-corrected chi connectivity index (χ0v) is 17.5. The van der Waals surface area contributed by atoms with Gasteiger partial charge in [0.15, 0.2) is 0 Å². The first-order chi connectivity index (χ1) is 13.5. The van der Waals surface area contributed by atoms with Gasteiger partial charge in [-0.25, -0.2) is 4.79 Å². The number of halogens is 4. The number of benzene rings is 1. The van der Waals surface area contributed by atoms with Gasteiger partial charge in [0, 0.05) is 48.9 Å². The number of aliphatic hydroxyl groups excluding tert-OH is 1. The van der Waals surface area contributed by atoms with E-state index in [0.29, 0.717) is 0 Å². The van der Waals surface area contributed by atoms with Crippen LogP contribution < -0.4 is 20.7 Å². The fraction of sp³-hybridized carbons (Fsp3) is 0.353.